The van der Waals surface area contributed by atoms with Crippen LogP contribution >= 0.6 is 24.0 Å². The van der Waals surface area contributed by atoms with Crippen molar-refractivity contribution in [3.8, 4) is 0 Å². The molecule has 0 aromatic rings. The van der Waals surface area contributed by atoms with Gasteiger partial charge < -0.3 is 25.4 Å². The van der Waals surface area contributed by atoms with Crippen molar-refractivity contribution < 1.29 is 14.3 Å². The summed E-state index contributed by atoms with van der Waals surface area (Å²) in [6, 6.07) is 0. The van der Waals surface area contributed by atoms with Crippen LogP contribution < -0.4 is 16.0 Å². The first kappa shape index (κ1) is 27.4. The Kier molecular flexibility index (Phi) is 19.3. The van der Waals surface area contributed by atoms with Crippen molar-refractivity contribution in [1.82, 2.24) is 16.0 Å². The van der Waals surface area contributed by atoms with E-state index in [1.807, 2.05) is 6.92 Å². The fraction of sp³-hybridized carbons (Fsp3) is 0.900. The Balaban J connectivity index is 0.00000729. The van der Waals surface area contributed by atoms with Crippen LogP contribution in [0.3, 0.4) is 0 Å². The summed E-state index contributed by atoms with van der Waals surface area (Å²) in [6.45, 7) is 9.49. The van der Waals surface area contributed by atoms with Crippen LogP contribution in [0.1, 0.15) is 58.8 Å². The van der Waals surface area contributed by atoms with Crippen molar-refractivity contribution in [3.63, 3.8) is 0 Å². The van der Waals surface area contributed by atoms with Crippen molar-refractivity contribution >= 4 is 35.8 Å². The van der Waals surface area contributed by atoms with Crippen LogP contribution in [-0.2, 0) is 14.3 Å². The van der Waals surface area contributed by atoms with Crippen LogP contribution in [0.25, 0.3) is 0 Å². The van der Waals surface area contributed by atoms with Crippen molar-refractivity contribution in [2.24, 2.45) is 10.9 Å². The minimum atomic E-state index is 0. The molecule has 0 radical (unpaired) electrons. The molecular weight excluding hydrogens is 471 g/mol. The molecule has 0 aliphatic heterocycles. The molecule has 0 saturated heterocycles. The van der Waals surface area contributed by atoms with E-state index in [1.165, 1.54) is 19.3 Å². The van der Waals surface area contributed by atoms with E-state index in [4.69, 9.17) is 9.47 Å². The predicted molar refractivity (Wildman–Crippen MR) is 126 cm³/mol. The first-order valence-electron chi connectivity index (χ1n) is 10.7. The van der Waals surface area contributed by atoms with E-state index in [2.05, 4.69) is 27.9 Å². The number of rotatable bonds is 14. The molecule has 1 fully saturated rings. The average molecular weight is 512 g/mol. The molecule has 8 heteroatoms. The van der Waals surface area contributed by atoms with Crippen LogP contribution in [0.4, 0.5) is 0 Å². The SMILES string of the molecule is CCCCOCCOCCN=C(NCC)NCCNC(=O)C1CCCCC1.I. The number of carbonyl (C=O) groups excluding carboxylic acids is 1. The van der Waals surface area contributed by atoms with Gasteiger partial charge in [0.1, 0.15) is 0 Å². The van der Waals surface area contributed by atoms with Crippen LogP contribution in [0.15, 0.2) is 4.99 Å². The van der Waals surface area contributed by atoms with Crippen molar-refractivity contribution in [3.05, 3.63) is 0 Å². The molecule has 1 saturated carbocycles. The van der Waals surface area contributed by atoms with Crippen LogP contribution in [0.5, 0.6) is 0 Å². The van der Waals surface area contributed by atoms with Crippen molar-refractivity contribution in [1.29, 1.82) is 0 Å². The van der Waals surface area contributed by atoms with Gasteiger partial charge in [0.2, 0.25) is 5.91 Å². The second-order valence-corrected chi connectivity index (χ2v) is 6.89. The van der Waals surface area contributed by atoms with Crippen LogP contribution in [0.2, 0.25) is 0 Å². The van der Waals surface area contributed by atoms with E-state index < -0.39 is 0 Å². The molecule has 1 aliphatic rings. The Morgan fingerprint density at radius 3 is 2.29 bits per heavy atom. The average Bonchev–Trinajstić information content (AvgIpc) is 2.70. The third-order valence-corrected chi connectivity index (χ3v) is 4.56. The number of hydrogen-bond donors (Lipinski definition) is 3. The highest BCUT2D eigenvalue weighted by Crippen LogP contribution is 2.23. The highest BCUT2D eigenvalue weighted by atomic mass is 127. The lowest BCUT2D eigenvalue weighted by molar-refractivity contribution is -0.125. The molecule has 0 atom stereocenters. The van der Waals surface area contributed by atoms with Gasteiger partial charge in [0.05, 0.1) is 26.4 Å². The van der Waals surface area contributed by atoms with Gasteiger partial charge in [-0.2, -0.15) is 0 Å². The summed E-state index contributed by atoms with van der Waals surface area (Å²) in [7, 11) is 0. The van der Waals surface area contributed by atoms with Gasteiger partial charge in [-0.1, -0.05) is 32.6 Å². The van der Waals surface area contributed by atoms with E-state index >= 15 is 0 Å². The topological polar surface area (TPSA) is 84.0 Å². The Morgan fingerprint density at radius 1 is 0.929 bits per heavy atom. The van der Waals surface area contributed by atoms with Gasteiger partial charge in [-0.3, -0.25) is 9.79 Å². The molecule has 1 rings (SSSR count). The first-order valence-corrected chi connectivity index (χ1v) is 10.7. The molecular formula is C20H41IN4O3. The summed E-state index contributed by atoms with van der Waals surface area (Å²) < 4.78 is 11.0. The van der Waals surface area contributed by atoms with Crippen LogP contribution in [-0.4, -0.2) is 64.5 Å². The summed E-state index contributed by atoms with van der Waals surface area (Å²) in [5, 5.41) is 9.49. The molecule has 28 heavy (non-hydrogen) atoms. The minimum absolute atomic E-state index is 0. The standard InChI is InChI=1S/C20H40N4O3.HI/c1-3-5-14-26-16-17-27-15-13-24-20(21-4-2)23-12-11-22-19(25)18-9-7-6-8-10-18;/h18H,3-17H2,1-2H3,(H,22,25)(H2,21,23,24);1H. The summed E-state index contributed by atoms with van der Waals surface area (Å²) in [6.07, 6.45) is 7.95. The fourth-order valence-electron chi connectivity index (χ4n) is 3.01. The molecule has 1 amide bonds. The molecule has 0 bridgehead atoms. The highest BCUT2D eigenvalue weighted by Gasteiger charge is 2.20. The smallest absolute Gasteiger partial charge is 0.223 e. The minimum Gasteiger partial charge on any atom is -0.379 e. The Morgan fingerprint density at radius 2 is 1.61 bits per heavy atom. The molecule has 0 unspecified atom stereocenters. The first-order chi connectivity index (χ1) is 13.3. The molecule has 0 aromatic heterocycles. The number of aliphatic imine (C=N–C) groups is 1. The summed E-state index contributed by atoms with van der Waals surface area (Å²) >= 11 is 0. The highest BCUT2D eigenvalue weighted by molar-refractivity contribution is 14.0. The van der Waals surface area contributed by atoms with E-state index in [9.17, 15) is 4.79 Å². The number of amides is 1. The number of nitrogens with zero attached hydrogens (tertiary/aromatic N) is 1. The second kappa shape index (κ2) is 19.7. The number of halogens is 1. The molecule has 1 aliphatic carbocycles. The lowest BCUT2D eigenvalue weighted by Gasteiger charge is -2.21. The summed E-state index contributed by atoms with van der Waals surface area (Å²) in [4.78, 5) is 16.6. The largest absolute Gasteiger partial charge is 0.379 e. The van der Waals surface area contributed by atoms with Gasteiger partial charge in [-0.25, -0.2) is 0 Å². The normalized spacial score (nSPS) is 15.0. The van der Waals surface area contributed by atoms with Crippen LogP contribution in [0, 0.1) is 5.92 Å². The Labute approximate surface area is 188 Å². The monoisotopic (exact) mass is 512 g/mol. The maximum absolute atomic E-state index is 12.1. The van der Waals surface area contributed by atoms with Gasteiger partial charge in [-0.15, -0.1) is 24.0 Å². The second-order valence-electron chi connectivity index (χ2n) is 6.89. The Hall–Kier alpha value is -0.610. The zero-order chi connectivity index (χ0) is 19.6. The molecule has 0 spiro atoms. The lowest BCUT2D eigenvalue weighted by atomic mass is 9.89. The quantitative estimate of drug-likeness (QED) is 0.144. The molecule has 0 aromatic carbocycles. The predicted octanol–water partition coefficient (Wildman–Crippen LogP) is 2.69. The van der Waals surface area contributed by atoms with Gasteiger partial charge in [-0.05, 0) is 26.2 Å². The van der Waals surface area contributed by atoms with Crippen molar-refractivity contribution in [2.75, 3.05) is 52.6 Å². The number of hydrogen-bond acceptors (Lipinski definition) is 4. The number of ether oxygens (including phenoxy) is 2. The Bertz CT molecular complexity index is 405. The summed E-state index contributed by atoms with van der Waals surface area (Å²) in [5.41, 5.74) is 0. The van der Waals surface area contributed by atoms with E-state index in [0.29, 0.717) is 39.5 Å². The summed E-state index contributed by atoms with van der Waals surface area (Å²) in [5.74, 6) is 1.17. The van der Waals surface area contributed by atoms with Gasteiger partial charge in [0.15, 0.2) is 5.96 Å². The zero-order valence-electron chi connectivity index (χ0n) is 17.8. The van der Waals surface area contributed by atoms with Gasteiger partial charge >= 0.3 is 0 Å². The third-order valence-electron chi connectivity index (χ3n) is 4.56. The van der Waals surface area contributed by atoms with Gasteiger partial charge in [0, 0.05) is 32.2 Å². The van der Waals surface area contributed by atoms with E-state index in [0.717, 1.165) is 44.8 Å². The number of nitrogens with one attached hydrogen (secondary N) is 3. The number of guanidine groups is 1. The number of carbonyl (C=O) groups is 1. The zero-order valence-corrected chi connectivity index (χ0v) is 20.1. The van der Waals surface area contributed by atoms with E-state index in [1.54, 1.807) is 0 Å². The third kappa shape index (κ3) is 14.4. The molecule has 3 N–H and O–H groups in total. The maximum atomic E-state index is 12.1. The van der Waals surface area contributed by atoms with Gasteiger partial charge in [0.25, 0.3) is 0 Å². The molecule has 166 valence electrons. The number of unbranched alkanes of at least 4 members (excludes halogenated alkanes) is 1. The maximum Gasteiger partial charge on any atom is 0.223 e. The molecule has 0 heterocycles. The van der Waals surface area contributed by atoms with Crippen molar-refractivity contribution in [2.45, 2.75) is 58.8 Å². The lowest BCUT2D eigenvalue weighted by Crippen LogP contribution is -2.42. The van der Waals surface area contributed by atoms with E-state index in [-0.39, 0.29) is 35.8 Å². The molecule has 7 nitrogen and oxygen atoms in total. The fourth-order valence-corrected chi connectivity index (χ4v) is 3.01.